The predicted molar refractivity (Wildman–Crippen MR) is 426 cm³/mol. The van der Waals surface area contributed by atoms with Crippen LogP contribution in [0.5, 0.6) is 0 Å². The summed E-state index contributed by atoms with van der Waals surface area (Å²) in [4.78, 5) is 43.4. The second kappa shape index (κ2) is 48.1. The van der Waals surface area contributed by atoms with Crippen LogP contribution < -0.4 is 4.73 Å². The van der Waals surface area contributed by atoms with Crippen LogP contribution in [0.25, 0.3) is 22.3 Å². The molecule has 9 nitrogen and oxygen atoms in total. The van der Waals surface area contributed by atoms with Gasteiger partial charge in [0.05, 0.1) is 31.2 Å². The number of aromatic nitrogens is 2. The van der Waals surface area contributed by atoms with Crippen molar-refractivity contribution in [2.45, 2.75) is 294 Å². The molecule has 2 aromatic heterocycles. The Kier molecular flexibility index (Phi) is 44.6. The van der Waals surface area contributed by atoms with Gasteiger partial charge in [0.2, 0.25) is 0 Å². The van der Waals surface area contributed by atoms with E-state index < -0.39 is 17.5 Å². The minimum atomic E-state index is -1.20. The first kappa shape index (κ1) is 91.9. The predicted octanol–water partition coefficient (Wildman–Crippen LogP) is 28.7. The molecule has 2 heterocycles. The molecule has 6 aliphatic carbocycles. The molecule has 1 N–H and O–H groups in total. The van der Waals surface area contributed by atoms with Gasteiger partial charge in [-0.05, 0) is 223 Å². The molecule has 22 heteroatoms. The second-order valence-corrected chi connectivity index (χ2v) is 40.2. The number of hydrogen-bond acceptors (Lipinski definition) is 7. The zero-order chi connectivity index (χ0) is 71.2. The van der Waals surface area contributed by atoms with Crippen molar-refractivity contribution >= 4 is 150 Å². The number of esters is 1. The van der Waals surface area contributed by atoms with Gasteiger partial charge in [-0.25, -0.2) is 9.59 Å². The van der Waals surface area contributed by atoms with Gasteiger partial charge in [0.1, 0.15) is 5.60 Å². The second-order valence-electron chi connectivity index (χ2n) is 28.0. The molecule has 3 aromatic carbocycles. The van der Waals surface area contributed by atoms with E-state index in [1.807, 2.05) is 12.1 Å². The van der Waals surface area contributed by atoms with Gasteiger partial charge in [-0.3, -0.25) is 4.98 Å². The number of aromatic carboxylic acids is 1. The Morgan fingerprint density at radius 2 is 0.838 bits per heavy atom. The van der Waals surface area contributed by atoms with Crippen LogP contribution in [0.1, 0.15) is 275 Å². The van der Waals surface area contributed by atoms with E-state index >= 15 is 0 Å². The van der Waals surface area contributed by atoms with E-state index in [1.54, 1.807) is 224 Å². The molecule has 0 aliphatic heterocycles. The number of benzene rings is 3. The van der Waals surface area contributed by atoms with E-state index in [9.17, 15) is 14.8 Å². The van der Waals surface area contributed by atoms with Crippen molar-refractivity contribution < 1.29 is 49.7 Å². The molecule has 6 aliphatic rings. The molecule has 0 unspecified atom stereocenters. The topological polar surface area (TPSA) is 138 Å². The number of pyridine rings is 2. The molecule has 0 radical (unpaired) electrons. The van der Waals surface area contributed by atoms with E-state index in [4.69, 9.17) is 120 Å². The van der Waals surface area contributed by atoms with Gasteiger partial charge in [-0.1, -0.05) is 248 Å². The van der Waals surface area contributed by atoms with Crippen molar-refractivity contribution in [3.8, 4) is 22.3 Å². The summed E-state index contributed by atoms with van der Waals surface area (Å²) in [6, 6.07) is 15.2. The number of carbonyl (C=O) groups is 2. The summed E-state index contributed by atoms with van der Waals surface area (Å²) in [5, 5.41) is 22.4. The number of carboxylic acids is 1. The number of hydrogen-bond donors (Lipinski definition) is 1. The summed E-state index contributed by atoms with van der Waals surface area (Å²) in [6.07, 6.45) is 53.5. The molecule has 0 atom stereocenters. The Morgan fingerprint density at radius 3 is 1.13 bits per heavy atom. The molecule has 5 aromatic rings. The first-order valence-electron chi connectivity index (χ1n) is 34.5. The molecule has 0 saturated heterocycles. The standard InChI is InChI=1S/2C18H33P.C16H15Cl2NO2.C12H6BrCl2NO3.C10H11Cl3.CO2.2CH4.2ClH.Pd/c2*1-4-10-16(11-5-1)19(17-12-6-2-7-13-17)18-14-8-3-9-15-18;1-16(2,3)21-15(20)14-12(17)8-11(9-13(14)18)10-4-6-19-7-5-10;13-10-7(6-1-3-16(19)4-2-6)5-8(14)9(11(10)15)12(17)18;1-10(2,3)9-7(12)4-6(11)5-8(9)13;2-1-3;;;;;/h2*16-18H,1-15H2;4-9H,1-3H3;1-5H,(H,17,18);4-5H,1-3H3;;2*1H4;2*1H;/q;;;;;;;;;;+2/p-2. The SMILES string of the molecule is C.C.C1CCC(P(C2CCCCC2)C2CCCCC2)CC1.C1CCC(P(C2CCCCC2)C2CCCCC2)CC1.CC(C)(C)OC(=O)c1c(Cl)cc(-c2ccncc2)cc1Cl.CC(C)(C)c1c(Cl)cc(Cl)cc1Cl.O=C(O)c1c(Cl)cc(-c2cc[n+]([O-])cc2)c(Br)c1Cl.O=C=O.[Cl][Pd][Cl]. The zero-order valence-electron chi connectivity index (χ0n) is 57.0. The van der Waals surface area contributed by atoms with Crippen LogP contribution in [-0.4, -0.2) is 67.7 Å². The van der Waals surface area contributed by atoms with Crippen LogP contribution in [-0.2, 0) is 35.7 Å². The average Bonchev–Trinajstić information content (AvgIpc) is 0.817. The van der Waals surface area contributed by atoms with Crippen LogP contribution in [0.4, 0.5) is 0 Å². The summed E-state index contributed by atoms with van der Waals surface area (Å²) in [6.45, 7) is 11.6. The van der Waals surface area contributed by atoms with E-state index in [-0.39, 0.29) is 73.6 Å². The van der Waals surface area contributed by atoms with E-state index in [1.165, 1.54) is 90.9 Å². The quantitative estimate of drug-likeness (QED) is 0.0364. The number of carboxylic acid groups (broad SMARTS) is 1. The molecule has 0 spiro atoms. The first-order valence-corrected chi connectivity index (χ1v) is 45.0. The Labute approximate surface area is 655 Å². The van der Waals surface area contributed by atoms with Gasteiger partial charge < -0.3 is 15.1 Å². The Balaban J connectivity index is 0.000000316. The van der Waals surface area contributed by atoms with Gasteiger partial charge in [0.15, 0.2) is 12.4 Å². The van der Waals surface area contributed by atoms with Crippen LogP contribution in [0.2, 0.25) is 35.2 Å². The summed E-state index contributed by atoms with van der Waals surface area (Å²) in [5.41, 5.74) is 10.5. The fourth-order valence-electron chi connectivity index (χ4n) is 14.7. The molecule has 0 bridgehead atoms. The number of nitrogens with zero attached hydrogens (tertiary/aromatic N) is 2. The Hall–Kier alpha value is -1.31. The van der Waals surface area contributed by atoms with E-state index in [2.05, 4.69) is 41.7 Å². The van der Waals surface area contributed by atoms with Crippen LogP contribution >= 0.6 is 132 Å². The van der Waals surface area contributed by atoms with E-state index in [0.29, 0.717) is 51.2 Å². The molecule has 6 saturated carbocycles. The van der Waals surface area contributed by atoms with Gasteiger partial charge in [-0.2, -0.15) is 14.3 Å². The normalized spacial score (nSPS) is 17.4. The Morgan fingerprint density at radius 1 is 0.525 bits per heavy atom. The number of rotatable bonds is 10. The maximum absolute atomic E-state index is 12.1. The maximum atomic E-state index is 12.1. The monoisotopic (exact) mass is 1730 g/mol. The average molecular weight is 1740 g/mol. The number of ether oxygens (including phenoxy) is 1. The summed E-state index contributed by atoms with van der Waals surface area (Å²) in [5.74, 6) is -1.73. The van der Waals surface area contributed by atoms with Gasteiger partial charge in [-0.15, -0.1) is 0 Å². The molecule has 6 fully saturated rings. The number of carbonyl (C=O) groups excluding carboxylic acids is 3. The van der Waals surface area contributed by atoms with Crippen molar-refractivity contribution in [2.24, 2.45) is 0 Å². The summed E-state index contributed by atoms with van der Waals surface area (Å²) in [7, 11) is 10.4. The van der Waals surface area contributed by atoms with Crippen molar-refractivity contribution in [2.75, 3.05) is 0 Å². The van der Waals surface area contributed by atoms with Crippen molar-refractivity contribution in [3.63, 3.8) is 0 Å². The van der Waals surface area contributed by atoms with Crippen molar-refractivity contribution in [1.82, 2.24) is 4.98 Å². The molecule has 99 heavy (non-hydrogen) atoms. The van der Waals surface area contributed by atoms with Crippen LogP contribution in [0.3, 0.4) is 0 Å². The third-order valence-corrected chi connectivity index (χ3v) is 30.2. The van der Waals surface area contributed by atoms with Gasteiger partial charge in [0.25, 0.3) is 0 Å². The fraction of sp³-hybridized carbons (Fsp3) is 0.597. The molecular formula is C77H106BrCl9N2O7P2Pd. The fourth-order valence-corrected chi connectivity index (χ4v) is 27.3. The summed E-state index contributed by atoms with van der Waals surface area (Å²) < 4.78 is 6.37. The minimum absolute atomic E-state index is 0. The van der Waals surface area contributed by atoms with Crippen molar-refractivity contribution in [3.05, 3.63) is 141 Å². The third-order valence-electron chi connectivity index (χ3n) is 18.9. The molecule has 556 valence electrons. The number of halogens is 10. The molecule has 11 rings (SSSR count). The third kappa shape index (κ3) is 30.8. The van der Waals surface area contributed by atoms with Gasteiger partial charge in [0, 0.05) is 44.1 Å². The molecular weight excluding hydrogens is 1630 g/mol. The molecule has 0 amide bonds. The first-order chi connectivity index (χ1) is 46.2. The van der Waals surface area contributed by atoms with E-state index in [0.717, 1.165) is 16.7 Å². The zero-order valence-corrected chi connectivity index (χ0v) is 68.7. The van der Waals surface area contributed by atoms with Crippen LogP contribution in [0.15, 0.2) is 83.9 Å². The van der Waals surface area contributed by atoms with Gasteiger partial charge >= 0.3 is 53.1 Å². The van der Waals surface area contributed by atoms with Crippen LogP contribution in [0, 0.1) is 5.21 Å². The summed E-state index contributed by atoms with van der Waals surface area (Å²) >= 11 is 45.4. The Bertz CT molecular complexity index is 3030. The van der Waals surface area contributed by atoms with Crippen molar-refractivity contribution in [1.29, 1.82) is 0 Å².